The van der Waals surface area contributed by atoms with Crippen molar-refractivity contribution in [2.24, 2.45) is 5.92 Å². The quantitative estimate of drug-likeness (QED) is 0.245. The summed E-state index contributed by atoms with van der Waals surface area (Å²) in [4.78, 5) is 2.62. The van der Waals surface area contributed by atoms with E-state index in [1.165, 1.54) is 11.1 Å². The third-order valence-electron chi connectivity index (χ3n) is 7.19. The summed E-state index contributed by atoms with van der Waals surface area (Å²) >= 11 is 3.54. The zero-order chi connectivity index (χ0) is 24.4. The molecule has 0 radical (unpaired) electrons. The predicted molar refractivity (Wildman–Crippen MR) is 147 cm³/mol. The van der Waals surface area contributed by atoms with Gasteiger partial charge >= 0.3 is 0 Å². The molecule has 3 heteroatoms. The molecule has 0 heterocycles. The average Bonchev–Trinajstić information content (AvgIpc) is 2.86. The molecule has 0 fully saturated rings. The highest BCUT2D eigenvalue weighted by molar-refractivity contribution is 9.10. The SMILES string of the molecule is CC(CCC(C#N)(c1ccc(Br)cc1)C(C)C)N(CCc1ccccc1)CCc1ccccc1. The smallest absolute Gasteiger partial charge is 0.0845 e. The van der Waals surface area contributed by atoms with E-state index in [0.29, 0.717) is 6.04 Å². The maximum atomic E-state index is 10.3. The Morgan fingerprint density at radius 2 is 1.29 bits per heavy atom. The molecule has 0 saturated heterocycles. The second-order valence-electron chi connectivity index (χ2n) is 9.64. The molecule has 2 nitrogen and oxygen atoms in total. The molecule has 0 aliphatic carbocycles. The zero-order valence-electron chi connectivity index (χ0n) is 20.8. The molecule has 0 bridgehead atoms. The Labute approximate surface area is 214 Å². The number of rotatable bonds is 12. The second kappa shape index (κ2) is 12.9. The van der Waals surface area contributed by atoms with Gasteiger partial charge in [-0.1, -0.05) is 103 Å². The van der Waals surface area contributed by atoms with E-state index in [2.05, 4.69) is 133 Å². The Morgan fingerprint density at radius 3 is 1.74 bits per heavy atom. The summed E-state index contributed by atoms with van der Waals surface area (Å²) in [5, 5.41) is 10.3. The molecule has 3 aromatic carbocycles. The van der Waals surface area contributed by atoms with E-state index in [0.717, 1.165) is 48.8 Å². The fourth-order valence-corrected chi connectivity index (χ4v) is 5.03. The van der Waals surface area contributed by atoms with Gasteiger partial charge in [-0.2, -0.15) is 5.26 Å². The van der Waals surface area contributed by atoms with E-state index in [4.69, 9.17) is 0 Å². The standard InChI is InChI=1S/C31H37BrN2/c1-25(2)31(24-33,29-14-16-30(32)17-15-29)21-18-26(3)34(22-19-27-10-6-4-7-11-27)23-20-28-12-8-5-9-13-28/h4-17,25-26H,18-23H2,1-3H3. The van der Waals surface area contributed by atoms with Crippen molar-refractivity contribution in [1.29, 1.82) is 5.26 Å². The van der Waals surface area contributed by atoms with Gasteiger partial charge in [0.05, 0.1) is 11.5 Å². The summed E-state index contributed by atoms with van der Waals surface area (Å²) in [6.07, 6.45) is 3.93. The lowest BCUT2D eigenvalue weighted by molar-refractivity contribution is 0.188. The second-order valence-corrected chi connectivity index (χ2v) is 10.6. The molecule has 0 aromatic heterocycles. The molecular formula is C31H37BrN2. The summed E-state index contributed by atoms with van der Waals surface area (Å²) < 4.78 is 1.05. The van der Waals surface area contributed by atoms with Gasteiger partial charge in [0.1, 0.15) is 0 Å². The van der Waals surface area contributed by atoms with Crippen LogP contribution in [0.25, 0.3) is 0 Å². The highest BCUT2D eigenvalue weighted by Gasteiger charge is 2.36. The Kier molecular flexibility index (Phi) is 9.93. The Bertz CT molecular complexity index is 981. The summed E-state index contributed by atoms with van der Waals surface area (Å²) in [5.41, 5.74) is 3.41. The highest BCUT2D eigenvalue weighted by Crippen LogP contribution is 2.38. The highest BCUT2D eigenvalue weighted by atomic mass is 79.9. The van der Waals surface area contributed by atoms with E-state index in [1.54, 1.807) is 0 Å². The van der Waals surface area contributed by atoms with Crippen LogP contribution in [0.2, 0.25) is 0 Å². The minimum Gasteiger partial charge on any atom is -0.300 e. The van der Waals surface area contributed by atoms with Gasteiger partial charge < -0.3 is 4.90 Å². The lowest BCUT2D eigenvalue weighted by Crippen LogP contribution is -2.39. The minimum absolute atomic E-state index is 0.243. The number of hydrogen-bond acceptors (Lipinski definition) is 2. The summed E-state index contributed by atoms with van der Waals surface area (Å²) in [5.74, 6) is 0.243. The molecule has 2 unspecified atom stereocenters. The minimum atomic E-state index is -0.473. The van der Waals surface area contributed by atoms with E-state index >= 15 is 0 Å². The molecule has 3 aromatic rings. The van der Waals surface area contributed by atoms with Gasteiger partial charge in [-0.3, -0.25) is 0 Å². The normalized spacial score (nSPS) is 14.0. The monoisotopic (exact) mass is 516 g/mol. The first-order valence-electron chi connectivity index (χ1n) is 12.4. The third kappa shape index (κ3) is 7.05. The first-order valence-corrected chi connectivity index (χ1v) is 13.2. The number of benzene rings is 3. The van der Waals surface area contributed by atoms with Gasteiger partial charge in [0, 0.05) is 23.6 Å². The van der Waals surface area contributed by atoms with Crippen molar-refractivity contribution in [2.45, 2.75) is 57.9 Å². The predicted octanol–water partition coefficient (Wildman–Crippen LogP) is 7.82. The van der Waals surface area contributed by atoms with Gasteiger partial charge in [-0.25, -0.2) is 0 Å². The van der Waals surface area contributed by atoms with E-state index in [9.17, 15) is 5.26 Å². The van der Waals surface area contributed by atoms with Crippen molar-refractivity contribution in [2.75, 3.05) is 13.1 Å². The van der Waals surface area contributed by atoms with Crippen LogP contribution >= 0.6 is 15.9 Å². The van der Waals surface area contributed by atoms with Crippen LogP contribution in [0.15, 0.2) is 89.4 Å². The molecule has 0 aliphatic heterocycles. The number of hydrogen-bond donors (Lipinski definition) is 0. The lowest BCUT2D eigenvalue weighted by atomic mass is 9.69. The maximum absolute atomic E-state index is 10.3. The molecular weight excluding hydrogens is 480 g/mol. The lowest BCUT2D eigenvalue weighted by Gasteiger charge is -2.35. The number of halogens is 1. The van der Waals surface area contributed by atoms with Gasteiger partial charge in [0.25, 0.3) is 0 Å². The van der Waals surface area contributed by atoms with Gasteiger partial charge in [0.2, 0.25) is 0 Å². The van der Waals surface area contributed by atoms with Gasteiger partial charge in [-0.15, -0.1) is 0 Å². The van der Waals surface area contributed by atoms with Crippen LogP contribution < -0.4 is 0 Å². The Morgan fingerprint density at radius 1 is 0.794 bits per heavy atom. The number of nitriles is 1. The van der Waals surface area contributed by atoms with Crippen LogP contribution in [0.1, 0.15) is 50.3 Å². The van der Waals surface area contributed by atoms with Gasteiger partial charge in [-0.05, 0) is 67.3 Å². The molecule has 3 rings (SSSR count). The van der Waals surface area contributed by atoms with Crippen LogP contribution in [0.4, 0.5) is 0 Å². The molecule has 0 saturated carbocycles. The summed E-state index contributed by atoms with van der Waals surface area (Å²) in [6.45, 7) is 8.74. The Balaban J connectivity index is 1.73. The topological polar surface area (TPSA) is 27.0 Å². The third-order valence-corrected chi connectivity index (χ3v) is 7.71. The van der Waals surface area contributed by atoms with Crippen molar-refractivity contribution >= 4 is 15.9 Å². The fourth-order valence-electron chi connectivity index (χ4n) is 4.77. The maximum Gasteiger partial charge on any atom is 0.0845 e. The van der Waals surface area contributed by atoms with Gasteiger partial charge in [0.15, 0.2) is 0 Å². The van der Waals surface area contributed by atoms with Crippen LogP contribution in [-0.2, 0) is 18.3 Å². The first-order chi connectivity index (χ1) is 16.4. The van der Waals surface area contributed by atoms with Crippen LogP contribution in [0.5, 0.6) is 0 Å². The van der Waals surface area contributed by atoms with Crippen molar-refractivity contribution < 1.29 is 0 Å². The van der Waals surface area contributed by atoms with Crippen LogP contribution in [-0.4, -0.2) is 24.0 Å². The molecule has 0 spiro atoms. The van der Waals surface area contributed by atoms with Crippen molar-refractivity contribution in [1.82, 2.24) is 4.90 Å². The van der Waals surface area contributed by atoms with E-state index in [1.807, 2.05) is 0 Å². The van der Waals surface area contributed by atoms with Crippen LogP contribution in [0, 0.1) is 17.2 Å². The van der Waals surface area contributed by atoms with E-state index < -0.39 is 5.41 Å². The molecule has 0 N–H and O–H groups in total. The largest absolute Gasteiger partial charge is 0.300 e. The molecule has 34 heavy (non-hydrogen) atoms. The van der Waals surface area contributed by atoms with Crippen LogP contribution in [0.3, 0.4) is 0 Å². The van der Waals surface area contributed by atoms with E-state index in [-0.39, 0.29) is 5.92 Å². The molecule has 0 aliphatic rings. The Hall–Kier alpha value is -2.41. The molecule has 0 amide bonds. The molecule has 178 valence electrons. The van der Waals surface area contributed by atoms with Crippen molar-refractivity contribution in [3.05, 3.63) is 106 Å². The number of nitrogens with zero attached hydrogens (tertiary/aromatic N) is 2. The zero-order valence-corrected chi connectivity index (χ0v) is 22.3. The summed E-state index contributed by atoms with van der Waals surface area (Å²) in [7, 11) is 0. The van der Waals surface area contributed by atoms with Crippen molar-refractivity contribution in [3.8, 4) is 6.07 Å². The first kappa shape index (κ1) is 26.2. The summed E-state index contributed by atoms with van der Waals surface area (Å²) in [6, 6.07) is 33.0. The average molecular weight is 518 g/mol. The van der Waals surface area contributed by atoms with Crippen molar-refractivity contribution in [3.63, 3.8) is 0 Å². The molecule has 2 atom stereocenters. The fraction of sp³-hybridized carbons (Fsp3) is 0.387.